The number of thiazole rings is 1. The number of carbonyl (C=O) groups excluding carboxylic acids is 1. The third-order valence-electron chi connectivity index (χ3n) is 4.26. The first-order valence-electron chi connectivity index (χ1n) is 8.15. The first kappa shape index (κ1) is 16.2. The molecule has 124 valence electrons. The van der Waals surface area contributed by atoms with Gasteiger partial charge >= 0.3 is 0 Å². The largest absolute Gasteiger partial charge is 0.342 e. The summed E-state index contributed by atoms with van der Waals surface area (Å²) in [7, 11) is 0. The lowest BCUT2D eigenvalue weighted by Crippen LogP contribution is -2.40. The van der Waals surface area contributed by atoms with E-state index < -0.39 is 0 Å². The molecule has 0 saturated carbocycles. The van der Waals surface area contributed by atoms with Crippen LogP contribution in [-0.2, 0) is 16.6 Å². The molecular formula is C17H24N4OS. The van der Waals surface area contributed by atoms with Crippen LogP contribution in [-0.4, -0.2) is 39.1 Å². The molecule has 0 bridgehead atoms. The van der Waals surface area contributed by atoms with Gasteiger partial charge in [0, 0.05) is 41.7 Å². The van der Waals surface area contributed by atoms with E-state index in [1.807, 2.05) is 16.3 Å². The van der Waals surface area contributed by atoms with Crippen molar-refractivity contribution in [1.82, 2.24) is 20.1 Å². The van der Waals surface area contributed by atoms with Crippen molar-refractivity contribution >= 4 is 17.2 Å². The van der Waals surface area contributed by atoms with Crippen molar-refractivity contribution in [2.45, 2.75) is 51.4 Å². The minimum absolute atomic E-state index is 0.0444. The van der Waals surface area contributed by atoms with E-state index in [-0.39, 0.29) is 11.3 Å². The summed E-state index contributed by atoms with van der Waals surface area (Å²) in [4.78, 5) is 19.2. The number of aromatic nitrogens is 3. The number of nitrogens with zero attached hydrogens (tertiary/aromatic N) is 3. The van der Waals surface area contributed by atoms with E-state index in [0.29, 0.717) is 12.3 Å². The molecule has 2 aromatic rings. The van der Waals surface area contributed by atoms with Crippen LogP contribution in [0, 0.1) is 0 Å². The third-order valence-corrected chi connectivity index (χ3v) is 5.58. The second kappa shape index (κ2) is 6.43. The van der Waals surface area contributed by atoms with Gasteiger partial charge in [-0.15, -0.1) is 11.3 Å². The summed E-state index contributed by atoms with van der Waals surface area (Å²) < 4.78 is 0. The third kappa shape index (κ3) is 3.80. The quantitative estimate of drug-likeness (QED) is 0.939. The predicted molar refractivity (Wildman–Crippen MR) is 91.7 cm³/mol. The molecule has 0 spiro atoms. The van der Waals surface area contributed by atoms with Crippen LogP contribution in [0.25, 0.3) is 0 Å². The van der Waals surface area contributed by atoms with Crippen molar-refractivity contribution in [2.75, 3.05) is 13.1 Å². The van der Waals surface area contributed by atoms with E-state index in [0.717, 1.165) is 42.3 Å². The number of rotatable bonds is 3. The van der Waals surface area contributed by atoms with E-state index in [1.165, 1.54) is 0 Å². The van der Waals surface area contributed by atoms with Crippen molar-refractivity contribution in [3.05, 3.63) is 34.0 Å². The number of nitrogens with one attached hydrogen (secondary N) is 1. The van der Waals surface area contributed by atoms with E-state index in [4.69, 9.17) is 0 Å². The molecular weight excluding hydrogens is 308 g/mol. The number of likely N-dealkylation sites (tertiary alicyclic amines) is 1. The van der Waals surface area contributed by atoms with Gasteiger partial charge < -0.3 is 4.90 Å². The first-order valence-corrected chi connectivity index (χ1v) is 9.03. The molecule has 1 aliphatic rings. The molecule has 0 radical (unpaired) electrons. The highest BCUT2D eigenvalue weighted by Crippen LogP contribution is 2.27. The van der Waals surface area contributed by atoms with Crippen molar-refractivity contribution in [2.24, 2.45) is 0 Å². The summed E-state index contributed by atoms with van der Waals surface area (Å²) in [5.74, 6) is 0.552. The summed E-state index contributed by atoms with van der Waals surface area (Å²) in [6.07, 6.45) is 4.33. The lowest BCUT2D eigenvalue weighted by Gasteiger charge is -2.32. The van der Waals surface area contributed by atoms with Crippen molar-refractivity contribution < 1.29 is 4.79 Å². The zero-order valence-corrected chi connectivity index (χ0v) is 14.8. The SMILES string of the molecule is CC(C)(C)c1nc(CC(=O)N2CCCC(c3ccn[nH]3)C2)cs1. The molecule has 5 nitrogen and oxygen atoms in total. The van der Waals surface area contributed by atoms with Crippen LogP contribution in [0.15, 0.2) is 17.6 Å². The van der Waals surface area contributed by atoms with E-state index in [2.05, 4.69) is 36.0 Å². The molecule has 1 amide bonds. The van der Waals surface area contributed by atoms with Gasteiger partial charge in [0.25, 0.3) is 0 Å². The Kier molecular flexibility index (Phi) is 4.53. The Labute approximate surface area is 141 Å². The van der Waals surface area contributed by atoms with Crippen LogP contribution < -0.4 is 0 Å². The topological polar surface area (TPSA) is 61.9 Å². The summed E-state index contributed by atoms with van der Waals surface area (Å²) >= 11 is 1.65. The second-order valence-electron chi connectivity index (χ2n) is 7.26. The number of amides is 1. The Bertz CT molecular complexity index is 656. The highest BCUT2D eigenvalue weighted by molar-refractivity contribution is 7.09. The maximum absolute atomic E-state index is 12.6. The van der Waals surface area contributed by atoms with E-state index in [1.54, 1.807) is 17.5 Å². The van der Waals surface area contributed by atoms with Crippen LogP contribution in [0.4, 0.5) is 0 Å². The molecule has 0 aliphatic carbocycles. The number of hydrogen-bond acceptors (Lipinski definition) is 4. The highest BCUT2D eigenvalue weighted by Gasteiger charge is 2.26. The van der Waals surface area contributed by atoms with Gasteiger partial charge in [-0.1, -0.05) is 20.8 Å². The first-order chi connectivity index (χ1) is 10.9. The fourth-order valence-corrected chi connectivity index (χ4v) is 3.86. The zero-order valence-electron chi connectivity index (χ0n) is 14.0. The minimum Gasteiger partial charge on any atom is -0.342 e. The Morgan fingerprint density at radius 2 is 2.30 bits per heavy atom. The average molecular weight is 332 g/mol. The fraction of sp³-hybridized carbons (Fsp3) is 0.588. The highest BCUT2D eigenvalue weighted by atomic mass is 32.1. The maximum atomic E-state index is 12.6. The van der Waals surface area contributed by atoms with Crippen LogP contribution in [0.3, 0.4) is 0 Å². The van der Waals surface area contributed by atoms with Gasteiger partial charge in [-0.25, -0.2) is 4.98 Å². The Balaban J connectivity index is 1.63. The summed E-state index contributed by atoms with van der Waals surface area (Å²) in [6, 6.07) is 2.01. The standard InChI is InChI=1S/C17H24N4OS/c1-17(2,3)16-19-13(11-23-16)9-15(22)21-8-4-5-12(10-21)14-6-7-18-20-14/h6-7,11-12H,4-5,8-10H2,1-3H3,(H,18,20). The normalized spacial score (nSPS) is 19.1. The van der Waals surface area contributed by atoms with E-state index >= 15 is 0 Å². The van der Waals surface area contributed by atoms with Crippen LogP contribution in [0.1, 0.15) is 55.9 Å². The molecule has 1 N–H and O–H groups in total. The van der Waals surface area contributed by atoms with E-state index in [9.17, 15) is 4.79 Å². The van der Waals surface area contributed by atoms with Gasteiger partial charge in [0.2, 0.25) is 5.91 Å². The molecule has 3 heterocycles. The molecule has 6 heteroatoms. The van der Waals surface area contributed by atoms with Crippen molar-refractivity contribution in [1.29, 1.82) is 0 Å². The van der Waals surface area contributed by atoms with Gasteiger partial charge in [-0.05, 0) is 18.9 Å². The Hall–Kier alpha value is -1.69. The molecule has 0 aromatic carbocycles. The zero-order chi connectivity index (χ0) is 16.4. The van der Waals surface area contributed by atoms with Crippen molar-refractivity contribution in [3.8, 4) is 0 Å². The molecule has 1 aliphatic heterocycles. The molecule has 2 aromatic heterocycles. The van der Waals surface area contributed by atoms with Gasteiger partial charge in [0.05, 0.1) is 17.1 Å². The second-order valence-corrected chi connectivity index (χ2v) is 8.12. The molecule has 1 fully saturated rings. The van der Waals surface area contributed by atoms with Crippen LogP contribution in [0.5, 0.6) is 0 Å². The summed E-state index contributed by atoms with van der Waals surface area (Å²) in [6.45, 7) is 8.07. The number of aromatic amines is 1. The minimum atomic E-state index is 0.0444. The smallest absolute Gasteiger partial charge is 0.228 e. The molecule has 1 atom stereocenters. The number of piperidine rings is 1. The molecule has 3 rings (SSSR count). The summed E-state index contributed by atoms with van der Waals surface area (Å²) in [5, 5.41) is 10.2. The van der Waals surface area contributed by atoms with Gasteiger partial charge in [0.15, 0.2) is 0 Å². The molecule has 1 unspecified atom stereocenters. The predicted octanol–water partition coefficient (Wildman–Crippen LogP) is 3.11. The van der Waals surface area contributed by atoms with Gasteiger partial charge in [-0.2, -0.15) is 5.10 Å². The Morgan fingerprint density at radius 1 is 1.48 bits per heavy atom. The monoisotopic (exact) mass is 332 g/mol. The Morgan fingerprint density at radius 3 is 2.96 bits per heavy atom. The lowest BCUT2D eigenvalue weighted by molar-refractivity contribution is -0.131. The van der Waals surface area contributed by atoms with Gasteiger partial charge in [-0.3, -0.25) is 9.89 Å². The number of hydrogen-bond donors (Lipinski definition) is 1. The number of carbonyl (C=O) groups is 1. The number of H-pyrrole nitrogens is 1. The molecule has 23 heavy (non-hydrogen) atoms. The maximum Gasteiger partial charge on any atom is 0.228 e. The average Bonchev–Trinajstić information content (AvgIpc) is 3.18. The summed E-state index contributed by atoms with van der Waals surface area (Å²) in [5.41, 5.74) is 2.07. The van der Waals surface area contributed by atoms with Gasteiger partial charge in [0.1, 0.15) is 0 Å². The van der Waals surface area contributed by atoms with Crippen molar-refractivity contribution in [3.63, 3.8) is 0 Å². The lowest BCUT2D eigenvalue weighted by atomic mass is 9.94. The fourth-order valence-electron chi connectivity index (χ4n) is 2.95. The van der Waals surface area contributed by atoms with Crippen LogP contribution in [0.2, 0.25) is 0 Å². The molecule has 1 saturated heterocycles. The van der Waals surface area contributed by atoms with Crippen LogP contribution >= 0.6 is 11.3 Å².